The van der Waals surface area contributed by atoms with Gasteiger partial charge in [0, 0.05) is 30.6 Å². The summed E-state index contributed by atoms with van der Waals surface area (Å²) in [7, 11) is 1.37. The highest BCUT2D eigenvalue weighted by atomic mass is 16.5. The molecule has 9 nitrogen and oxygen atoms in total. The Kier molecular flexibility index (Phi) is 10.0. The van der Waals surface area contributed by atoms with Crippen LogP contribution in [-0.2, 0) is 26.4 Å². The lowest BCUT2D eigenvalue weighted by Gasteiger charge is -2.36. The number of carbonyl (C=O) groups excluding carboxylic acids is 2. The zero-order valence-electron chi connectivity index (χ0n) is 29.6. The lowest BCUT2D eigenvalue weighted by atomic mass is 9.77. The Labute approximate surface area is 304 Å². The molecule has 1 fully saturated rings. The van der Waals surface area contributed by atoms with E-state index in [0.717, 1.165) is 38.9 Å². The first kappa shape index (κ1) is 34.5. The Balaban J connectivity index is 1.21. The molecule has 0 unspecified atom stereocenters. The lowest BCUT2D eigenvalue weighted by molar-refractivity contribution is -0.152. The summed E-state index contributed by atoms with van der Waals surface area (Å²) in [6.07, 6.45) is 0.516. The molecule has 5 aromatic carbocycles. The Morgan fingerprint density at radius 3 is 1.85 bits per heavy atom. The molecule has 2 heterocycles. The molecule has 1 aromatic heterocycles. The van der Waals surface area contributed by atoms with Crippen molar-refractivity contribution in [2.24, 2.45) is 5.92 Å². The molecular formula is C43H42N6O3. The lowest BCUT2D eigenvalue weighted by Crippen LogP contribution is -2.43. The van der Waals surface area contributed by atoms with Crippen LogP contribution in [0.1, 0.15) is 42.5 Å². The van der Waals surface area contributed by atoms with E-state index in [1.807, 2.05) is 48.9 Å². The molecule has 0 spiro atoms. The zero-order chi connectivity index (χ0) is 36.1. The summed E-state index contributed by atoms with van der Waals surface area (Å²) < 4.78 is 6.97. The number of nitrogens with zero attached hydrogens (tertiary/aromatic N) is 5. The molecule has 1 amide bonds. The van der Waals surface area contributed by atoms with Gasteiger partial charge in [0.25, 0.3) is 0 Å². The van der Waals surface area contributed by atoms with E-state index in [4.69, 9.17) is 15.0 Å². The first-order chi connectivity index (χ1) is 25.4. The van der Waals surface area contributed by atoms with Crippen LogP contribution in [0.15, 0.2) is 140 Å². The maximum atomic E-state index is 12.8. The SMILES string of the molecule is COC(=O)[C@@H]1C[C@H](NCc2ccc(-c3ccccc3-c3nnnn3C(c3ccccc3)(c3ccccc3)c3ccccc3)cc2)CN1C(=O)C(C)C. The number of likely N-dealkylation sites (tertiary alicyclic amines) is 1. The van der Waals surface area contributed by atoms with Gasteiger partial charge >= 0.3 is 5.97 Å². The second kappa shape index (κ2) is 15.1. The number of ether oxygens (including phenoxy) is 1. The van der Waals surface area contributed by atoms with Gasteiger partial charge in [-0.1, -0.05) is 153 Å². The van der Waals surface area contributed by atoms with E-state index in [1.165, 1.54) is 7.11 Å². The van der Waals surface area contributed by atoms with Crippen molar-refractivity contribution >= 4 is 11.9 Å². The molecule has 1 aliphatic heterocycles. The minimum atomic E-state index is -0.867. The van der Waals surface area contributed by atoms with Crippen molar-refractivity contribution in [1.82, 2.24) is 30.4 Å². The third kappa shape index (κ3) is 6.51. The topological polar surface area (TPSA) is 102 Å². The van der Waals surface area contributed by atoms with E-state index in [1.54, 1.807) is 4.90 Å². The number of amides is 1. The van der Waals surface area contributed by atoms with Crippen LogP contribution in [0.25, 0.3) is 22.5 Å². The first-order valence-corrected chi connectivity index (χ1v) is 17.7. The number of methoxy groups -OCH3 is 1. The third-order valence-corrected chi connectivity index (χ3v) is 9.94. The number of hydrogen-bond acceptors (Lipinski definition) is 7. The van der Waals surface area contributed by atoms with Crippen LogP contribution >= 0.6 is 0 Å². The molecule has 9 heteroatoms. The van der Waals surface area contributed by atoms with E-state index in [2.05, 4.69) is 120 Å². The van der Waals surface area contributed by atoms with Crippen LogP contribution in [0.4, 0.5) is 0 Å². The van der Waals surface area contributed by atoms with Crippen LogP contribution in [0.3, 0.4) is 0 Å². The Morgan fingerprint density at radius 2 is 1.31 bits per heavy atom. The molecule has 52 heavy (non-hydrogen) atoms. The smallest absolute Gasteiger partial charge is 0.328 e. The fraction of sp³-hybridized carbons (Fsp3) is 0.233. The van der Waals surface area contributed by atoms with Crippen molar-refractivity contribution in [3.05, 3.63) is 162 Å². The molecule has 1 aliphatic rings. The van der Waals surface area contributed by atoms with Gasteiger partial charge in [0.2, 0.25) is 5.91 Å². The van der Waals surface area contributed by atoms with Crippen molar-refractivity contribution < 1.29 is 14.3 Å². The number of tetrazole rings is 1. The van der Waals surface area contributed by atoms with Crippen molar-refractivity contribution in [2.75, 3.05) is 13.7 Å². The largest absolute Gasteiger partial charge is 0.467 e. The van der Waals surface area contributed by atoms with Crippen LogP contribution < -0.4 is 5.32 Å². The zero-order valence-corrected chi connectivity index (χ0v) is 29.6. The molecule has 1 saturated heterocycles. The maximum absolute atomic E-state index is 12.8. The number of aromatic nitrogens is 4. The van der Waals surface area contributed by atoms with Gasteiger partial charge in [0.15, 0.2) is 5.82 Å². The summed E-state index contributed by atoms with van der Waals surface area (Å²) in [5, 5.41) is 17.3. The minimum absolute atomic E-state index is 0.0230. The normalized spacial score (nSPS) is 15.9. The highest BCUT2D eigenvalue weighted by Gasteiger charge is 2.43. The second-order valence-corrected chi connectivity index (χ2v) is 13.5. The molecular weight excluding hydrogens is 649 g/mol. The maximum Gasteiger partial charge on any atom is 0.328 e. The van der Waals surface area contributed by atoms with Crippen LogP contribution in [0.2, 0.25) is 0 Å². The van der Waals surface area contributed by atoms with Gasteiger partial charge in [0.05, 0.1) is 7.11 Å². The first-order valence-electron chi connectivity index (χ1n) is 17.7. The quantitative estimate of drug-likeness (QED) is 0.119. The Bertz CT molecular complexity index is 2020. The molecule has 0 saturated carbocycles. The molecule has 1 N–H and O–H groups in total. The Morgan fingerprint density at radius 1 is 0.769 bits per heavy atom. The highest BCUT2D eigenvalue weighted by molar-refractivity contribution is 5.86. The average Bonchev–Trinajstić information content (AvgIpc) is 3.87. The van der Waals surface area contributed by atoms with Gasteiger partial charge in [-0.15, -0.1) is 5.10 Å². The summed E-state index contributed by atoms with van der Waals surface area (Å²) in [6.45, 7) is 4.76. The van der Waals surface area contributed by atoms with Gasteiger partial charge < -0.3 is 15.0 Å². The summed E-state index contributed by atoms with van der Waals surface area (Å²) in [6, 6.07) is 47.2. The standard InChI is InChI=1S/C43H42N6O3/c1-30(2)41(50)48-29-36(27-39(48)42(51)52-3)44-28-31-23-25-32(26-24-31)37-21-13-14-22-38(37)40-45-46-47-49(40)43(33-15-7-4-8-16-33,34-17-9-5-10-18-34)35-19-11-6-12-20-35/h4-26,30,36,39,44H,27-29H2,1-3H3/t36-,39-/m0/s1. The van der Waals surface area contributed by atoms with Crippen molar-refractivity contribution in [2.45, 2.75) is 44.4 Å². The van der Waals surface area contributed by atoms with Crippen molar-refractivity contribution in [1.29, 1.82) is 0 Å². The molecule has 7 rings (SSSR count). The predicted molar refractivity (Wildman–Crippen MR) is 201 cm³/mol. The molecule has 0 radical (unpaired) electrons. The molecule has 0 bridgehead atoms. The number of benzene rings is 5. The minimum Gasteiger partial charge on any atom is -0.467 e. The van der Waals surface area contributed by atoms with Gasteiger partial charge in [-0.25, -0.2) is 9.48 Å². The molecule has 262 valence electrons. The number of nitrogens with one attached hydrogen (secondary N) is 1. The summed E-state index contributed by atoms with van der Waals surface area (Å²) >= 11 is 0. The molecule has 0 aliphatic carbocycles. The predicted octanol–water partition coefficient (Wildman–Crippen LogP) is 6.74. The number of hydrogen-bond donors (Lipinski definition) is 1. The Hall–Kier alpha value is -5.93. The summed E-state index contributed by atoms with van der Waals surface area (Å²) in [5.74, 6) is 0.0281. The fourth-order valence-corrected chi connectivity index (χ4v) is 7.40. The second-order valence-electron chi connectivity index (χ2n) is 13.5. The summed E-state index contributed by atoms with van der Waals surface area (Å²) in [5.41, 5.74) is 6.25. The van der Waals surface area contributed by atoms with Gasteiger partial charge in [0.1, 0.15) is 11.6 Å². The van der Waals surface area contributed by atoms with E-state index in [9.17, 15) is 9.59 Å². The number of esters is 1. The number of carbonyl (C=O) groups is 2. The van der Waals surface area contributed by atoms with Crippen LogP contribution in [0, 0.1) is 5.92 Å². The third-order valence-electron chi connectivity index (χ3n) is 9.94. The number of rotatable bonds is 11. The van der Waals surface area contributed by atoms with E-state index >= 15 is 0 Å². The molecule has 2 atom stereocenters. The van der Waals surface area contributed by atoms with Crippen molar-refractivity contribution in [3.8, 4) is 22.5 Å². The van der Waals surface area contributed by atoms with E-state index in [0.29, 0.717) is 25.3 Å². The highest BCUT2D eigenvalue weighted by Crippen LogP contribution is 2.43. The fourth-order valence-electron chi connectivity index (χ4n) is 7.40. The summed E-state index contributed by atoms with van der Waals surface area (Å²) in [4.78, 5) is 27.0. The monoisotopic (exact) mass is 690 g/mol. The van der Waals surface area contributed by atoms with E-state index in [-0.39, 0.29) is 23.8 Å². The van der Waals surface area contributed by atoms with Gasteiger partial charge in [-0.3, -0.25) is 4.79 Å². The molecule has 6 aromatic rings. The van der Waals surface area contributed by atoms with Crippen LogP contribution in [0.5, 0.6) is 0 Å². The van der Waals surface area contributed by atoms with Crippen molar-refractivity contribution in [3.63, 3.8) is 0 Å². The van der Waals surface area contributed by atoms with Gasteiger partial charge in [-0.05, 0) is 50.2 Å². The average molecular weight is 691 g/mol. The van der Waals surface area contributed by atoms with Crippen LogP contribution in [-0.4, -0.2) is 62.7 Å². The van der Waals surface area contributed by atoms with Gasteiger partial charge in [-0.2, -0.15) is 0 Å². The van der Waals surface area contributed by atoms with E-state index < -0.39 is 11.6 Å².